The van der Waals surface area contributed by atoms with Crippen molar-refractivity contribution in [3.63, 3.8) is 0 Å². The Morgan fingerprint density at radius 1 is 1.41 bits per heavy atom. The molecule has 0 saturated carbocycles. The molecule has 3 heterocycles. The van der Waals surface area contributed by atoms with E-state index in [0.717, 1.165) is 0 Å². The summed E-state index contributed by atoms with van der Waals surface area (Å²) in [5, 5.41) is 3.76. The highest BCUT2D eigenvalue weighted by molar-refractivity contribution is 5.82. The van der Waals surface area contributed by atoms with Gasteiger partial charge < -0.3 is 19.1 Å². The average Bonchev–Trinajstić information content (AvgIpc) is 3.05. The molecule has 2 aliphatic heterocycles. The summed E-state index contributed by atoms with van der Waals surface area (Å²) in [6.07, 6.45) is 0.889. The molecule has 0 radical (unpaired) electrons. The van der Waals surface area contributed by atoms with E-state index in [0.29, 0.717) is 45.2 Å². The van der Waals surface area contributed by atoms with Gasteiger partial charge in [0.15, 0.2) is 0 Å². The lowest BCUT2D eigenvalue weighted by Gasteiger charge is -2.35. The van der Waals surface area contributed by atoms with Crippen molar-refractivity contribution in [3.05, 3.63) is 12.2 Å². The summed E-state index contributed by atoms with van der Waals surface area (Å²) in [4.78, 5) is 33.3. The Bertz CT molecular complexity index is 535. The lowest BCUT2D eigenvalue weighted by Crippen LogP contribution is -2.53. The van der Waals surface area contributed by atoms with Crippen LogP contribution in [0.4, 0.5) is 0 Å². The average molecular weight is 309 g/mol. The summed E-state index contributed by atoms with van der Waals surface area (Å²) < 4.78 is 10.3. The van der Waals surface area contributed by atoms with E-state index in [2.05, 4.69) is 10.1 Å². The van der Waals surface area contributed by atoms with E-state index in [1.807, 2.05) is 4.90 Å². The maximum absolute atomic E-state index is 12.4. The molecule has 1 unspecified atom stereocenters. The molecule has 2 amide bonds. The van der Waals surface area contributed by atoms with Gasteiger partial charge in [-0.1, -0.05) is 5.16 Å². The normalized spacial score (nSPS) is 23.9. The molecule has 1 aromatic heterocycles. The van der Waals surface area contributed by atoms with Crippen molar-refractivity contribution in [1.29, 1.82) is 0 Å². The molecule has 0 bridgehead atoms. The van der Waals surface area contributed by atoms with Crippen molar-refractivity contribution in [2.45, 2.75) is 6.10 Å². The Balaban J connectivity index is 1.54. The highest BCUT2D eigenvalue weighted by Gasteiger charge is 2.30. The van der Waals surface area contributed by atoms with E-state index in [1.165, 1.54) is 6.39 Å². The van der Waals surface area contributed by atoms with Crippen LogP contribution in [0.3, 0.4) is 0 Å². The van der Waals surface area contributed by atoms with Gasteiger partial charge in [-0.25, -0.2) is 0 Å². The highest BCUT2D eigenvalue weighted by Crippen LogP contribution is 2.19. The first-order chi connectivity index (χ1) is 10.6. The molecule has 120 valence electrons. The smallest absolute Gasteiger partial charge is 0.236 e. The first kappa shape index (κ1) is 14.9. The number of ether oxygens (including phenoxy) is 1. The van der Waals surface area contributed by atoms with Gasteiger partial charge >= 0.3 is 0 Å². The second-order valence-corrected chi connectivity index (χ2v) is 5.51. The molecule has 2 saturated heterocycles. The zero-order valence-corrected chi connectivity index (χ0v) is 12.5. The molecule has 9 heteroatoms. The van der Waals surface area contributed by atoms with Crippen LogP contribution in [0.2, 0.25) is 0 Å². The van der Waals surface area contributed by atoms with Crippen molar-refractivity contribution < 1.29 is 18.8 Å². The van der Waals surface area contributed by atoms with Crippen LogP contribution in [-0.4, -0.2) is 89.6 Å². The number of nitrogens with zero attached hydrogens (tertiary/aromatic N) is 5. The summed E-state index contributed by atoms with van der Waals surface area (Å²) in [5.41, 5.74) is 0. The van der Waals surface area contributed by atoms with Gasteiger partial charge in [0.2, 0.25) is 24.0 Å². The standard InChI is InChI=1S/C13H19N5O4/c1-16-2-3-17(7-11(16)19)8-12(20)18-4-5-21-10(6-18)13-14-9-22-15-13/h9-10H,2-8H2,1H3. The Labute approximate surface area is 127 Å². The fourth-order valence-corrected chi connectivity index (χ4v) is 2.59. The lowest BCUT2D eigenvalue weighted by molar-refractivity contribution is -0.143. The minimum Gasteiger partial charge on any atom is -0.366 e. The molecular weight excluding hydrogens is 290 g/mol. The van der Waals surface area contributed by atoms with Crippen molar-refractivity contribution in [1.82, 2.24) is 24.8 Å². The van der Waals surface area contributed by atoms with Crippen molar-refractivity contribution in [2.24, 2.45) is 0 Å². The molecule has 3 rings (SSSR count). The number of aromatic nitrogens is 2. The molecule has 0 aliphatic carbocycles. The van der Waals surface area contributed by atoms with E-state index in [9.17, 15) is 9.59 Å². The number of hydrogen-bond acceptors (Lipinski definition) is 7. The predicted octanol–water partition coefficient (Wildman–Crippen LogP) is -1.26. The fourth-order valence-electron chi connectivity index (χ4n) is 2.59. The quantitative estimate of drug-likeness (QED) is 0.688. The van der Waals surface area contributed by atoms with E-state index >= 15 is 0 Å². The SMILES string of the molecule is CN1CCN(CC(=O)N2CCOC(c3ncon3)C2)CC1=O. The largest absolute Gasteiger partial charge is 0.366 e. The number of morpholine rings is 1. The molecule has 9 nitrogen and oxygen atoms in total. The Morgan fingerprint density at radius 3 is 3.00 bits per heavy atom. The Kier molecular flexibility index (Phi) is 4.34. The number of amides is 2. The third-order valence-corrected chi connectivity index (χ3v) is 3.98. The minimum absolute atomic E-state index is 0.00542. The van der Waals surface area contributed by atoms with Gasteiger partial charge in [-0.2, -0.15) is 4.98 Å². The first-order valence-corrected chi connectivity index (χ1v) is 7.25. The number of rotatable bonds is 3. The van der Waals surface area contributed by atoms with Crippen LogP contribution in [-0.2, 0) is 14.3 Å². The van der Waals surface area contributed by atoms with Crippen LogP contribution in [0.1, 0.15) is 11.9 Å². The summed E-state index contributed by atoms with van der Waals surface area (Å²) in [7, 11) is 1.78. The van der Waals surface area contributed by atoms with Crippen molar-refractivity contribution >= 4 is 11.8 Å². The van der Waals surface area contributed by atoms with Gasteiger partial charge in [0.05, 0.1) is 26.2 Å². The predicted molar refractivity (Wildman–Crippen MR) is 73.6 cm³/mol. The molecule has 1 aromatic rings. The summed E-state index contributed by atoms with van der Waals surface area (Å²) in [5.74, 6) is 0.493. The fraction of sp³-hybridized carbons (Fsp3) is 0.692. The highest BCUT2D eigenvalue weighted by atomic mass is 16.5. The molecular formula is C13H19N5O4. The van der Waals surface area contributed by atoms with Crippen LogP contribution in [0.25, 0.3) is 0 Å². The number of likely N-dealkylation sites (N-methyl/N-ethyl adjacent to an activating group) is 1. The zero-order chi connectivity index (χ0) is 15.5. The maximum Gasteiger partial charge on any atom is 0.236 e. The number of carbonyl (C=O) groups is 2. The minimum atomic E-state index is -0.356. The topological polar surface area (TPSA) is 92.0 Å². The number of carbonyl (C=O) groups excluding carboxylic acids is 2. The number of piperazine rings is 1. The van der Waals surface area contributed by atoms with E-state index < -0.39 is 0 Å². The van der Waals surface area contributed by atoms with Gasteiger partial charge in [-0.15, -0.1) is 0 Å². The van der Waals surface area contributed by atoms with Gasteiger partial charge in [0, 0.05) is 26.7 Å². The van der Waals surface area contributed by atoms with Gasteiger partial charge in [0.25, 0.3) is 0 Å². The molecule has 2 aliphatic rings. The first-order valence-electron chi connectivity index (χ1n) is 7.25. The molecule has 1 atom stereocenters. The summed E-state index contributed by atoms with van der Waals surface area (Å²) in [6.45, 7) is 3.29. The van der Waals surface area contributed by atoms with Gasteiger partial charge in [0.1, 0.15) is 6.10 Å². The van der Waals surface area contributed by atoms with Crippen LogP contribution < -0.4 is 0 Å². The maximum atomic E-state index is 12.4. The van der Waals surface area contributed by atoms with E-state index in [-0.39, 0.29) is 24.5 Å². The van der Waals surface area contributed by atoms with Gasteiger partial charge in [-0.05, 0) is 0 Å². The van der Waals surface area contributed by atoms with Crippen molar-refractivity contribution in [3.8, 4) is 0 Å². The molecule has 0 aromatic carbocycles. The second kappa shape index (κ2) is 6.41. The number of hydrogen-bond donors (Lipinski definition) is 0. The lowest BCUT2D eigenvalue weighted by atomic mass is 10.2. The summed E-state index contributed by atoms with van der Waals surface area (Å²) in [6, 6.07) is 0. The monoisotopic (exact) mass is 309 g/mol. The molecule has 0 spiro atoms. The third kappa shape index (κ3) is 3.25. The van der Waals surface area contributed by atoms with E-state index in [4.69, 9.17) is 9.26 Å². The third-order valence-electron chi connectivity index (χ3n) is 3.98. The summed E-state index contributed by atoms with van der Waals surface area (Å²) >= 11 is 0. The van der Waals surface area contributed by atoms with Crippen LogP contribution >= 0.6 is 0 Å². The van der Waals surface area contributed by atoms with Crippen LogP contribution in [0.5, 0.6) is 0 Å². The van der Waals surface area contributed by atoms with Crippen LogP contribution in [0.15, 0.2) is 10.9 Å². The molecule has 0 N–H and O–H groups in total. The van der Waals surface area contributed by atoms with Gasteiger partial charge in [-0.3, -0.25) is 14.5 Å². The molecule has 2 fully saturated rings. The second-order valence-electron chi connectivity index (χ2n) is 5.51. The van der Waals surface area contributed by atoms with Crippen molar-refractivity contribution in [2.75, 3.05) is 52.9 Å². The molecule has 22 heavy (non-hydrogen) atoms. The van der Waals surface area contributed by atoms with E-state index in [1.54, 1.807) is 16.8 Å². The Hall–Kier alpha value is -2.00. The Morgan fingerprint density at radius 2 is 2.27 bits per heavy atom. The van der Waals surface area contributed by atoms with Crippen LogP contribution in [0, 0.1) is 0 Å². The zero-order valence-electron chi connectivity index (χ0n) is 12.5.